The summed E-state index contributed by atoms with van der Waals surface area (Å²) >= 11 is 0. The molecule has 11 heterocycles. The Morgan fingerprint density at radius 2 is 0.969 bits per heavy atom. The summed E-state index contributed by atoms with van der Waals surface area (Å²) in [6.07, 6.45) is 14.7. The number of aromatic nitrogens is 14. The van der Waals surface area contributed by atoms with Gasteiger partial charge in [0.2, 0.25) is 23.7 Å². The van der Waals surface area contributed by atoms with Crippen LogP contribution in [0.3, 0.4) is 0 Å². The Morgan fingerprint density at radius 3 is 1.38 bits per heavy atom. The third kappa shape index (κ3) is 13.1. The standard InChI is InChI=1S/C26H28FN5O2.C23H19FN8O.C22H17FN6O/c1-17-16-32-25(30-17)21(18-4-6-19(7-5-18)33-13-11-31(2)3)14-28-26(32)29-15-22-20-10-12-34-24(20)9-8-23(22)27;1-13-12-32-22(27-13)17(14-2-4-15(5-3-14)21-28-30-31-29-21)10-25-23(32)26-11-18-16-8-9-33-20(16)7-6-19(18)24;1-13-12-29-21(28-13)16(14-5-7-25-20(9-14)24-2)10-26-22(29)27-11-17-15-6-8-30-19(15)4-3-18(17)23/h4-9,14,16H,10-13,15H2,1-3H3,(H,28,29);2-7,10,12H,8-9,11H2,1H3,(H,25,26)(H,28,29,30,31);3-5,7,9-10,12H,6,8,11H2,1H3,(H,26,27). The molecule has 0 radical (unpaired) electrons. The van der Waals surface area contributed by atoms with Crippen molar-refractivity contribution in [1.82, 2.24) is 73.6 Å². The van der Waals surface area contributed by atoms with Gasteiger partial charge in [0.05, 0.1) is 36.9 Å². The van der Waals surface area contributed by atoms with E-state index >= 15 is 0 Å². The molecule has 23 nitrogen and oxygen atoms in total. The molecule has 8 aromatic heterocycles. The summed E-state index contributed by atoms with van der Waals surface area (Å²) in [6.45, 7) is 17.1. The first-order valence-electron chi connectivity index (χ1n) is 31.4. The molecule has 13 aromatic rings. The number of likely N-dealkylation sites (N-methyl/N-ethyl adjacent to an activating group) is 1. The Kier molecular flexibility index (Phi) is 17.5. The fourth-order valence-electron chi connectivity index (χ4n) is 12.1. The average molecular weight is 1300 g/mol. The van der Waals surface area contributed by atoms with Crippen molar-refractivity contribution < 1.29 is 32.1 Å². The summed E-state index contributed by atoms with van der Waals surface area (Å²) in [5.41, 5.74) is 15.6. The van der Waals surface area contributed by atoms with Crippen LogP contribution in [0.5, 0.6) is 23.0 Å². The topological polar surface area (TPSA) is 239 Å². The van der Waals surface area contributed by atoms with Gasteiger partial charge in [0.1, 0.15) is 70.2 Å². The third-order valence-electron chi connectivity index (χ3n) is 16.9. The molecule has 97 heavy (non-hydrogen) atoms. The zero-order valence-electron chi connectivity index (χ0n) is 53.5. The third-order valence-corrected chi connectivity index (χ3v) is 16.9. The van der Waals surface area contributed by atoms with Crippen molar-refractivity contribution in [3.63, 3.8) is 0 Å². The molecule has 0 atom stereocenters. The van der Waals surface area contributed by atoms with Gasteiger partial charge < -0.3 is 44.6 Å². The van der Waals surface area contributed by atoms with Crippen LogP contribution in [-0.2, 0) is 38.9 Å². The van der Waals surface area contributed by atoms with Gasteiger partial charge in [-0.2, -0.15) is 5.21 Å². The Labute approximate surface area is 554 Å². The van der Waals surface area contributed by atoms with Gasteiger partial charge in [-0.25, -0.2) is 43.1 Å². The lowest BCUT2D eigenvalue weighted by Crippen LogP contribution is -2.19. The smallest absolute Gasteiger partial charge is 0.270 e. The molecule has 0 saturated carbocycles. The van der Waals surface area contributed by atoms with E-state index in [9.17, 15) is 13.2 Å². The van der Waals surface area contributed by atoms with Crippen LogP contribution in [0.1, 0.15) is 50.5 Å². The normalized spacial score (nSPS) is 12.6. The first kappa shape index (κ1) is 62.5. The zero-order valence-corrected chi connectivity index (χ0v) is 53.5. The highest BCUT2D eigenvalue weighted by atomic mass is 19.1. The first-order valence-corrected chi connectivity index (χ1v) is 31.4. The molecule has 0 fully saturated rings. The van der Waals surface area contributed by atoms with Crippen LogP contribution < -0.4 is 34.9 Å². The minimum Gasteiger partial charge on any atom is -0.493 e. The van der Waals surface area contributed by atoms with E-state index in [4.69, 9.17) is 35.5 Å². The number of aromatic amines is 1. The molecular formula is C71H64F3N19O4. The van der Waals surface area contributed by atoms with Crippen molar-refractivity contribution in [2.75, 3.05) is 63.0 Å². The number of H-pyrrole nitrogens is 1. The van der Waals surface area contributed by atoms with E-state index in [1.54, 1.807) is 49.1 Å². The molecular weight excluding hydrogens is 1240 g/mol. The second kappa shape index (κ2) is 27.2. The van der Waals surface area contributed by atoms with Gasteiger partial charge in [0, 0.05) is 138 Å². The molecule has 0 unspecified atom stereocenters. The lowest BCUT2D eigenvalue weighted by atomic mass is 10.0. The molecule has 0 amide bonds. The van der Waals surface area contributed by atoms with Crippen molar-refractivity contribution in [1.29, 1.82) is 0 Å². The van der Waals surface area contributed by atoms with E-state index in [-0.39, 0.29) is 24.0 Å². The van der Waals surface area contributed by atoms with Crippen LogP contribution in [0.2, 0.25) is 0 Å². The summed E-state index contributed by atoms with van der Waals surface area (Å²) in [7, 11) is 4.04. The highest BCUT2D eigenvalue weighted by Gasteiger charge is 2.24. The molecule has 0 saturated heterocycles. The maximum absolute atomic E-state index is 14.6. The number of ether oxygens (including phenoxy) is 4. The Morgan fingerprint density at radius 1 is 0.546 bits per heavy atom. The number of hydrogen-bond acceptors (Lipinski definition) is 18. The first-order chi connectivity index (χ1) is 47.3. The van der Waals surface area contributed by atoms with E-state index in [2.05, 4.69) is 71.2 Å². The SMILES string of the molecule is Cc1cn2c(NCc3c(F)ccc4c3CCO4)ncc(-c3ccc(-c4nn[nH]n4)cc3)c2n1.Cc1cn2c(NCc3c(F)ccc4c3CCO4)ncc(-c3ccc(OCCN(C)C)cc3)c2n1.[C-]#[N+]c1cc(-c2cnc(NCc3c(F)ccc4c3CCO4)n3cc(C)nc23)ccn1. The number of anilines is 3. The number of aryl methyl sites for hydroxylation is 3. The van der Waals surface area contributed by atoms with Gasteiger partial charge in [0.25, 0.3) is 5.82 Å². The average Bonchev–Trinajstić information content (AvgIpc) is 1.72. The number of pyridine rings is 1. The van der Waals surface area contributed by atoms with Gasteiger partial charge in [-0.05, 0) is 117 Å². The number of nitrogens with zero attached hydrogens (tertiary/aromatic N) is 15. The predicted molar refractivity (Wildman–Crippen MR) is 360 cm³/mol. The molecule has 0 aliphatic carbocycles. The molecule has 488 valence electrons. The Bertz CT molecular complexity index is 5110. The highest BCUT2D eigenvalue weighted by molar-refractivity contribution is 5.81. The van der Waals surface area contributed by atoms with Crippen LogP contribution in [0.15, 0.2) is 140 Å². The molecule has 5 aromatic carbocycles. The van der Waals surface area contributed by atoms with Crippen LogP contribution in [0, 0.1) is 44.8 Å². The number of halogens is 3. The van der Waals surface area contributed by atoms with Gasteiger partial charge in [-0.1, -0.05) is 43.0 Å². The highest BCUT2D eigenvalue weighted by Crippen LogP contribution is 2.36. The van der Waals surface area contributed by atoms with Gasteiger partial charge in [0.15, 0.2) is 0 Å². The predicted octanol–water partition coefficient (Wildman–Crippen LogP) is 12.2. The molecule has 16 rings (SSSR count). The summed E-state index contributed by atoms with van der Waals surface area (Å²) in [6, 6.07) is 28.7. The van der Waals surface area contributed by atoms with Crippen LogP contribution >= 0.6 is 0 Å². The molecule has 0 bridgehead atoms. The monoisotopic (exact) mass is 1300 g/mol. The zero-order chi connectivity index (χ0) is 66.7. The molecule has 4 N–H and O–H groups in total. The lowest BCUT2D eigenvalue weighted by molar-refractivity contribution is 0.261. The molecule has 0 spiro atoms. The van der Waals surface area contributed by atoms with E-state index in [1.165, 1.54) is 18.2 Å². The Hall–Kier alpha value is -12.0. The second-order valence-electron chi connectivity index (χ2n) is 23.6. The summed E-state index contributed by atoms with van der Waals surface area (Å²) < 4.78 is 71.7. The minimum atomic E-state index is -0.259. The van der Waals surface area contributed by atoms with E-state index < -0.39 is 0 Å². The molecule has 3 aliphatic rings. The largest absolute Gasteiger partial charge is 0.493 e. The second-order valence-corrected chi connectivity index (χ2v) is 23.6. The number of fused-ring (bicyclic) bond motifs is 6. The number of benzene rings is 5. The fraction of sp³-hybridized carbons (Fsp3) is 0.225. The maximum Gasteiger partial charge on any atom is 0.270 e. The number of rotatable bonds is 17. The van der Waals surface area contributed by atoms with Crippen molar-refractivity contribution >= 4 is 40.6 Å². The van der Waals surface area contributed by atoms with E-state index in [0.29, 0.717) is 111 Å². The van der Waals surface area contributed by atoms with Crippen molar-refractivity contribution in [2.45, 2.75) is 59.7 Å². The summed E-state index contributed by atoms with van der Waals surface area (Å²) in [5.74, 6) is 4.95. The van der Waals surface area contributed by atoms with Crippen LogP contribution in [-0.4, -0.2) is 121 Å². The summed E-state index contributed by atoms with van der Waals surface area (Å²) in [4.78, 5) is 37.4. The van der Waals surface area contributed by atoms with E-state index in [1.807, 2.05) is 121 Å². The van der Waals surface area contributed by atoms with Crippen molar-refractivity contribution in [3.8, 4) is 67.8 Å². The van der Waals surface area contributed by atoms with Crippen molar-refractivity contribution in [2.24, 2.45) is 0 Å². The number of hydrogen-bond donors (Lipinski definition) is 4. The van der Waals surface area contributed by atoms with E-state index in [0.717, 1.165) is 114 Å². The maximum atomic E-state index is 14.6. The lowest BCUT2D eigenvalue weighted by Gasteiger charge is -2.13. The van der Waals surface area contributed by atoms with Gasteiger partial charge in [-0.15, -0.1) is 15.2 Å². The quantitative estimate of drug-likeness (QED) is 0.0620. The number of nitrogens with one attached hydrogen (secondary N) is 4. The minimum absolute atomic E-state index is 0.237. The van der Waals surface area contributed by atoms with Crippen molar-refractivity contribution in [3.05, 3.63) is 220 Å². The van der Waals surface area contributed by atoms with Crippen LogP contribution in [0.25, 0.3) is 66.6 Å². The van der Waals surface area contributed by atoms with Crippen LogP contribution in [0.4, 0.5) is 36.8 Å². The summed E-state index contributed by atoms with van der Waals surface area (Å²) in [5, 5.41) is 23.9. The Balaban J connectivity index is 0.000000125. The number of imidazole rings is 3. The fourth-order valence-corrected chi connectivity index (χ4v) is 12.1. The number of tetrazole rings is 1. The molecule has 26 heteroatoms. The molecule has 3 aliphatic heterocycles. The van der Waals surface area contributed by atoms with Gasteiger partial charge in [-0.3, -0.25) is 13.2 Å². The van der Waals surface area contributed by atoms with Gasteiger partial charge >= 0.3 is 0 Å².